The minimum atomic E-state index is -0.459. The van der Waals surface area contributed by atoms with E-state index in [0.29, 0.717) is 30.2 Å². The summed E-state index contributed by atoms with van der Waals surface area (Å²) >= 11 is 0. The zero-order valence-electron chi connectivity index (χ0n) is 15.6. The molecular formula is C19H23N3O5. The molecule has 0 aliphatic rings. The molecule has 0 amide bonds. The van der Waals surface area contributed by atoms with Gasteiger partial charge in [0, 0.05) is 11.6 Å². The van der Waals surface area contributed by atoms with Crippen molar-refractivity contribution in [3.05, 3.63) is 57.6 Å². The van der Waals surface area contributed by atoms with Gasteiger partial charge >= 0.3 is 5.69 Å². The van der Waals surface area contributed by atoms with E-state index in [9.17, 15) is 10.1 Å². The van der Waals surface area contributed by atoms with E-state index in [2.05, 4.69) is 10.5 Å². The first kappa shape index (κ1) is 20.0. The molecule has 0 aromatic heterocycles. The normalized spacial score (nSPS) is 10.6. The molecule has 0 heterocycles. The number of benzene rings is 2. The van der Waals surface area contributed by atoms with Crippen molar-refractivity contribution in [2.24, 2.45) is 5.10 Å². The molecule has 2 aromatic rings. The molecule has 0 radical (unpaired) electrons. The second-order valence-corrected chi connectivity index (χ2v) is 5.62. The molecule has 0 spiro atoms. The average Bonchev–Trinajstić information content (AvgIpc) is 2.69. The largest absolute Gasteiger partial charge is 0.493 e. The van der Waals surface area contributed by atoms with Crippen molar-refractivity contribution in [2.75, 3.05) is 20.8 Å². The quantitative estimate of drug-likeness (QED) is 0.389. The second-order valence-electron chi connectivity index (χ2n) is 5.62. The summed E-state index contributed by atoms with van der Waals surface area (Å²) in [5.41, 5.74) is 4.39. The van der Waals surface area contributed by atoms with Crippen LogP contribution in [-0.4, -0.2) is 32.0 Å². The van der Waals surface area contributed by atoms with Crippen molar-refractivity contribution < 1.29 is 19.1 Å². The Labute approximate surface area is 157 Å². The third kappa shape index (κ3) is 5.60. The minimum absolute atomic E-state index is 0.0766. The van der Waals surface area contributed by atoms with Crippen molar-refractivity contribution in [1.29, 1.82) is 0 Å². The molecule has 0 saturated heterocycles. The number of ether oxygens (including phenoxy) is 3. The summed E-state index contributed by atoms with van der Waals surface area (Å²) in [6.07, 6.45) is 2.30. The monoisotopic (exact) mass is 373 g/mol. The van der Waals surface area contributed by atoms with Crippen molar-refractivity contribution in [1.82, 2.24) is 5.43 Å². The molecule has 0 bridgehead atoms. The Hall–Kier alpha value is -3.29. The molecule has 0 saturated carbocycles. The Balaban J connectivity index is 2.01. The standard InChI is InChI=1S/C19H23N3O5/c1-4-9-27-17-7-5-14(10-16(17)22(23)24)12-20-21-13-15-6-8-18(25-2)19(11-15)26-3/h5-8,10-12,21H,4,9,13H2,1-3H3/b20-12-. The molecule has 8 heteroatoms. The predicted octanol–water partition coefficient (Wildman–Crippen LogP) is 3.52. The van der Waals surface area contributed by atoms with E-state index in [-0.39, 0.29) is 11.4 Å². The first-order valence-electron chi connectivity index (χ1n) is 8.47. The fourth-order valence-corrected chi connectivity index (χ4v) is 2.34. The number of nitrogens with one attached hydrogen (secondary N) is 1. The molecule has 0 fully saturated rings. The topological polar surface area (TPSA) is 95.2 Å². The number of hydrogen-bond donors (Lipinski definition) is 1. The summed E-state index contributed by atoms with van der Waals surface area (Å²) < 4.78 is 15.9. The van der Waals surface area contributed by atoms with Crippen LogP contribution in [0.4, 0.5) is 5.69 Å². The molecule has 27 heavy (non-hydrogen) atoms. The number of nitrogens with zero attached hydrogens (tertiary/aromatic N) is 2. The molecule has 2 rings (SSSR count). The van der Waals surface area contributed by atoms with E-state index in [1.165, 1.54) is 12.3 Å². The van der Waals surface area contributed by atoms with Gasteiger partial charge in [0.15, 0.2) is 17.2 Å². The highest BCUT2D eigenvalue weighted by Gasteiger charge is 2.15. The van der Waals surface area contributed by atoms with Crippen LogP contribution in [-0.2, 0) is 6.54 Å². The van der Waals surface area contributed by atoms with Gasteiger partial charge in [0.1, 0.15) is 0 Å². The maximum atomic E-state index is 11.2. The van der Waals surface area contributed by atoms with E-state index < -0.39 is 4.92 Å². The van der Waals surface area contributed by atoms with Gasteiger partial charge in [-0.05, 0) is 36.2 Å². The lowest BCUT2D eigenvalue weighted by Gasteiger charge is -2.09. The number of nitro benzene ring substituents is 1. The van der Waals surface area contributed by atoms with E-state index in [1.807, 2.05) is 25.1 Å². The Kier molecular flexibility index (Phi) is 7.42. The summed E-state index contributed by atoms with van der Waals surface area (Å²) in [4.78, 5) is 10.7. The lowest BCUT2D eigenvalue weighted by Crippen LogP contribution is -2.06. The number of nitro groups is 1. The Morgan fingerprint density at radius 2 is 1.85 bits per heavy atom. The molecule has 0 unspecified atom stereocenters. The van der Waals surface area contributed by atoms with Crippen LogP contribution in [0.2, 0.25) is 0 Å². The van der Waals surface area contributed by atoms with Crippen LogP contribution in [0.3, 0.4) is 0 Å². The minimum Gasteiger partial charge on any atom is -0.493 e. The lowest BCUT2D eigenvalue weighted by molar-refractivity contribution is -0.385. The molecule has 8 nitrogen and oxygen atoms in total. The fourth-order valence-electron chi connectivity index (χ4n) is 2.34. The van der Waals surface area contributed by atoms with E-state index in [0.717, 1.165) is 12.0 Å². The first-order chi connectivity index (χ1) is 13.1. The fraction of sp³-hybridized carbons (Fsp3) is 0.316. The van der Waals surface area contributed by atoms with Gasteiger partial charge in [0.2, 0.25) is 0 Å². The van der Waals surface area contributed by atoms with Crippen LogP contribution in [0.5, 0.6) is 17.2 Å². The maximum Gasteiger partial charge on any atom is 0.311 e. The van der Waals surface area contributed by atoms with Gasteiger partial charge < -0.3 is 19.6 Å². The Bertz CT molecular complexity index is 808. The number of hydrogen-bond acceptors (Lipinski definition) is 7. The van der Waals surface area contributed by atoms with Crippen LogP contribution in [0.1, 0.15) is 24.5 Å². The summed E-state index contributed by atoms with van der Waals surface area (Å²) in [6.45, 7) is 2.84. The number of hydrazone groups is 1. The van der Waals surface area contributed by atoms with Gasteiger partial charge in [-0.15, -0.1) is 0 Å². The smallest absolute Gasteiger partial charge is 0.311 e. The van der Waals surface area contributed by atoms with Crippen molar-refractivity contribution >= 4 is 11.9 Å². The molecule has 2 aromatic carbocycles. The van der Waals surface area contributed by atoms with Crippen LogP contribution in [0, 0.1) is 10.1 Å². The molecular weight excluding hydrogens is 350 g/mol. The zero-order chi connectivity index (χ0) is 19.6. The van der Waals surface area contributed by atoms with Crippen LogP contribution < -0.4 is 19.6 Å². The summed E-state index contributed by atoms with van der Waals surface area (Å²) in [6, 6.07) is 10.3. The van der Waals surface area contributed by atoms with Gasteiger partial charge in [-0.25, -0.2) is 0 Å². The highest BCUT2D eigenvalue weighted by molar-refractivity contribution is 5.81. The third-order valence-corrected chi connectivity index (χ3v) is 3.68. The van der Waals surface area contributed by atoms with Gasteiger partial charge in [-0.2, -0.15) is 5.10 Å². The zero-order valence-corrected chi connectivity index (χ0v) is 15.6. The lowest BCUT2D eigenvalue weighted by atomic mass is 10.2. The van der Waals surface area contributed by atoms with E-state index >= 15 is 0 Å². The SMILES string of the molecule is CCCOc1ccc(/C=N\NCc2ccc(OC)c(OC)c2)cc1[N+](=O)[O-]. The first-order valence-corrected chi connectivity index (χ1v) is 8.47. The summed E-state index contributed by atoms with van der Waals surface area (Å²) in [7, 11) is 3.16. The second kappa shape index (κ2) is 10.0. The Morgan fingerprint density at radius 1 is 1.11 bits per heavy atom. The maximum absolute atomic E-state index is 11.2. The Morgan fingerprint density at radius 3 is 2.52 bits per heavy atom. The van der Waals surface area contributed by atoms with Crippen molar-refractivity contribution in [2.45, 2.75) is 19.9 Å². The van der Waals surface area contributed by atoms with E-state index in [1.54, 1.807) is 26.4 Å². The molecule has 0 aliphatic carbocycles. The third-order valence-electron chi connectivity index (χ3n) is 3.68. The van der Waals surface area contributed by atoms with Gasteiger partial charge in [-0.3, -0.25) is 10.1 Å². The summed E-state index contributed by atoms with van der Waals surface area (Å²) in [5, 5.41) is 15.3. The van der Waals surface area contributed by atoms with Gasteiger partial charge in [0.25, 0.3) is 0 Å². The average molecular weight is 373 g/mol. The van der Waals surface area contributed by atoms with Crippen LogP contribution in [0.25, 0.3) is 0 Å². The highest BCUT2D eigenvalue weighted by atomic mass is 16.6. The number of methoxy groups -OCH3 is 2. The molecule has 1 N–H and O–H groups in total. The van der Waals surface area contributed by atoms with Crippen molar-refractivity contribution in [3.8, 4) is 17.2 Å². The highest BCUT2D eigenvalue weighted by Crippen LogP contribution is 2.28. The van der Waals surface area contributed by atoms with Gasteiger partial charge in [-0.1, -0.05) is 13.0 Å². The molecule has 0 atom stereocenters. The van der Waals surface area contributed by atoms with E-state index in [4.69, 9.17) is 14.2 Å². The van der Waals surface area contributed by atoms with Gasteiger partial charge in [0.05, 0.1) is 38.5 Å². The molecule has 144 valence electrons. The summed E-state index contributed by atoms with van der Waals surface area (Å²) in [5.74, 6) is 1.55. The molecule has 0 aliphatic heterocycles. The predicted molar refractivity (Wildman–Crippen MR) is 103 cm³/mol. The number of rotatable bonds is 10. The van der Waals surface area contributed by atoms with Crippen LogP contribution in [0.15, 0.2) is 41.5 Å². The van der Waals surface area contributed by atoms with Crippen molar-refractivity contribution in [3.63, 3.8) is 0 Å². The van der Waals surface area contributed by atoms with Crippen LogP contribution >= 0.6 is 0 Å².